The zero-order chi connectivity index (χ0) is 22.6. The molecule has 0 atom stereocenters. The van der Waals surface area contributed by atoms with Gasteiger partial charge >= 0.3 is 0 Å². The van der Waals surface area contributed by atoms with Crippen LogP contribution in [0.15, 0.2) is 46.9 Å². The van der Waals surface area contributed by atoms with Gasteiger partial charge in [0.25, 0.3) is 0 Å². The number of rotatable bonds is 4. The van der Waals surface area contributed by atoms with Crippen LogP contribution in [0.5, 0.6) is 0 Å². The van der Waals surface area contributed by atoms with Crippen molar-refractivity contribution >= 4 is 62.6 Å². The van der Waals surface area contributed by atoms with Crippen LogP contribution in [-0.4, -0.2) is 16.0 Å². The lowest BCUT2D eigenvalue weighted by Gasteiger charge is -2.56. The van der Waals surface area contributed by atoms with Gasteiger partial charge < -0.3 is 15.1 Å². The molecule has 4 saturated carbocycles. The summed E-state index contributed by atoms with van der Waals surface area (Å²) in [5, 5.41) is 6.41. The number of nitrogens with zero attached hydrogens (tertiary/aromatic N) is 1. The molecule has 4 aliphatic carbocycles. The van der Waals surface area contributed by atoms with Gasteiger partial charge in [0.05, 0.1) is 0 Å². The Morgan fingerprint density at radius 3 is 2.52 bits per heavy atom. The third kappa shape index (κ3) is 4.41. The van der Waals surface area contributed by atoms with E-state index in [0.29, 0.717) is 23.0 Å². The summed E-state index contributed by atoms with van der Waals surface area (Å²) in [6.07, 6.45) is 8.42. The predicted octanol–water partition coefficient (Wildman–Crippen LogP) is 6.52. The van der Waals surface area contributed by atoms with Crippen molar-refractivity contribution < 1.29 is 9.21 Å². The highest BCUT2D eigenvalue weighted by molar-refractivity contribution is 14.1. The van der Waals surface area contributed by atoms with E-state index in [1.807, 2.05) is 42.5 Å². The highest BCUT2D eigenvalue weighted by Gasteiger charge is 2.51. The van der Waals surface area contributed by atoms with Crippen molar-refractivity contribution in [2.24, 2.45) is 23.2 Å². The lowest BCUT2D eigenvalue weighted by atomic mass is 9.49. The maximum absolute atomic E-state index is 12.9. The van der Waals surface area contributed by atoms with Gasteiger partial charge in [-0.1, -0.05) is 6.07 Å². The number of benzene rings is 2. The molecule has 1 heterocycles. The van der Waals surface area contributed by atoms with Gasteiger partial charge in [-0.25, -0.2) is 4.98 Å². The fourth-order valence-corrected chi connectivity index (χ4v) is 7.71. The number of carbonyl (C=O) groups excluding carboxylic acids is 1. The summed E-state index contributed by atoms with van der Waals surface area (Å²) in [4.78, 5) is 17.5. The fraction of sp³-hybridized carbons (Fsp3) is 0.423. The van der Waals surface area contributed by atoms with E-state index in [-0.39, 0.29) is 11.3 Å². The molecule has 4 fully saturated rings. The maximum Gasteiger partial charge on any atom is 0.227 e. The summed E-state index contributed by atoms with van der Waals surface area (Å²) >= 11 is 7.73. The van der Waals surface area contributed by atoms with Gasteiger partial charge in [-0.15, -0.1) is 0 Å². The molecule has 5 nitrogen and oxygen atoms in total. The van der Waals surface area contributed by atoms with Crippen LogP contribution in [0.3, 0.4) is 0 Å². The van der Waals surface area contributed by atoms with Crippen molar-refractivity contribution in [3.05, 3.63) is 46.0 Å². The molecule has 0 aliphatic heterocycles. The lowest BCUT2D eigenvalue weighted by molar-refractivity contribution is -0.127. The Balaban J connectivity index is 1.11. The Morgan fingerprint density at radius 2 is 1.82 bits per heavy atom. The number of hydrogen-bond acceptors (Lipinski definition) is 4. The molecule has 7 rings (SSSR count). The normalized spacial score (nSPS) is 27.6. The van der Waals surface area contributed by atoms with E-state index in [0.717, 1.165) is 38.1 Å². The van der Waals surface area contributed by atoms with Gasteiger partial charge in [-0.2, -0.15) is 0 Å². The Hall–Kier alpha value is -2.00. The Bertz CT molecular complexity index is 1220. The molecule has 7 heteroatoms. The molecule has 1 amide bonds. The summed E-state index contributed by atoms with van der Waals surface area (Å²) in [5.41, 5.74) is 3.40. The molecule has 0 spiro atoms. The van der Waals surface area contributed by atoms with E-state index in [4.69, 9.17) is 16.6 Å². The Morgan fingerprint density at radius 1 is 1.09 bits per heavy atom. The summed E-state index contributed by atoms with van der Waals surface area (Å²) in [7, 11) is 0. The number of hydrogen-bond donors (Lipinski definition) is 2. The SMILES string of the molecule is O=C(CC12CC3CC(CC(C3)C1)C2)NC(=S)Nc1ccc2oc(-c3cccc(I)c3)nc2c1. The van der Waals surface area contributed by atoms with Crippen LogP contribution in [0.4, 0.5) is 5.69 Å². The summed E-state index contributed by atoms with van der Waals surface area (Å²) < 4.78 is 7.05. The molecule has 2 aromatic carbocycles. The second kappa shape index (κ2) is 8.34. The maximum atomic E-state index is 12.9. The van der Waals surface area contributed by atoms with Crippen LogP contribution in [0, 0.1) is 26.7 Å². The first-order chi connectivity index (χ1) is 15.9. The summed E-state index contributed by atoms with van der Waals surface area (Å²) in [5.74, 6) is 3.15. The van der Waals surface area contributed by atoms with Gasteiger partial charge in [0.1, 0.15) is 5.52 Å². The third-order valence-electron chi connectivity index (χ3n) is 7.67. The highest BCUT2D eigenvalue weighted by atomic mass is 127. The van der Waals surface area contributed by atoms with E-state index in [1.165, 1.54) is 38.5 Å². The number of halogens is 1. The van der Waals surface area contributed by atoms with Crippen molar-refractivity contribution in [1.82, 2.24) is 10.3 Å². The molecular weight excluding hydrogens is 545 g/mol. The van der Waals surface area contributed by atoms with Crippen molar-refractivity contribution in [3.63, 3.8) is 0 Å². The largest absolute Gasteiger partial charge is 0.436 e. The zero-order valence-corrected chi connectivity index (χ0v) is 21.2. The fourth-order valence-electron chi connectivity index (χ4n) is 6.93. The molecule has 0 unspecified atom stereocenters. The van der Waals surface area contributed by atoms with Gasteiger partial charge in [0.15, 0.2) is 10.7 Å². The number of nitrogens with one attached hydrogen (secondary N) is 2. The van der Waals surface area contributed by atoms with E-state index < -0.39 is 0 Å². The average molecular weight is 571 g/mol. The number of fused-ring (bicyclic) bond motifs is 1. The molecule has 170 valence electrons. The van der Waals surface area contributed by atoms with Gasteiger partial charge in [-0.3, -0.25) is 4.79 Å². The van der Waals surface area contributed by atoms with E-state index in [1.54, 1.807) is 0 Å². The number of anilines is 1. The van der Waals surface area contributed by atoms with Crippen molar-refractivity contribution in [2.45, 2.75) is 44.9 Å². The summed E-state index contributed by atoms with van der Waals surface area (Å²) in [6.45, 7) is 0. The van der Waals surface area contributed by atoms with E-state index in [9.17, 15) is 4.79 Å². The zero-order valence-electron chi connectivity index (χ0n) is 18.3. The van der Waals surface area contributed by atoms with Crippen LogP contribution >= 0.6 is 34.8 Å². The van der Waals surface area contributed by atoms with Gasteiger partial charge in [0, 0.05) is 21.2 Å². The Kier molecular flexibility index (Phi) is 5.44. The molecule has 3 aromatic rings. The molecular formula is C26H26IN3O2S. The van der Waals surface area contributed by atoms with E-state index in [2.05, 4.69) is 38.2 Å². The van der Waals surface area contributed by atoms with Crippen molar-refractivity contribution in [2.75, 3.05) is 5.32 Å². The number of oxazole rings is 1. The first kappa shape index (κ1) is 21.5. The topological polar surface area (TPSA) is 67.2 Å². The first-order valence-corrected chi connectivity index (χ1v) is 13.2. The minimum absolute atomic E-state index is 0.0398. The second-order valence-electron chi connectivity index (χ2n) is 10.3. The monoisotopic (exact) mass is 571 g/mol. The number of carbonyl (C=O) groups is 1. The predicted molar refractivity (Wildman–Crippen MR) is 142 cm³/mol. The molecule has 4 bridgehead atoms. The van der Waals surface area contributed by atoms with Crippen LogP contribution < -0.4 is 10.6 Å². The molecule has 1 aromatic heterocycles. The van der Waals surface area contributed by atoms with Crippen LogP contribution in [0.1, 0.15) is 44.9 Å². The van der Waals surface area contributed by atoms with Crippen molar-refractivity contribution in [1.29, 1.82) is 0 Å². The molecule has 0 radical (unpaired) electrons. The van der Waals surface area contributed by atoms with Crippen LogP contribution in [0.2, 0.25) is 0 Å². The average Bonchev–Trinajstić information content (AvgIpc) is 3.15. The molecule has 33 heavy (non-hydrogen) atoms. The minimum Gasteiger partial charge on any atom is -0.436 e. The smallest absolute Gasteiger partial charge is 0.227 e. The number of amides is 1. The molecule has 0 saturated heterocycles. The highest BCUT2D eigenvalue weighted by Crippen LogP contribution is 2.61. The van der Waals surface area contributed by atoms with Crippen LogP contribution in [-0.2, 0) is 4.79 Å². The van der Waals surface area contributed by atoms with E-state index >= 15 is 0 Å². The van der Waals surface area contributed by atoms with Crippen LogP contribution in [0.25, 0.3) is 22.6 Å². The molecule has 2 N–H and O–H groups in total. The first-order valence-electron chi connectivity index (χ1n) is 11.7. The molecule has 4 aliphatic rings. The third-order valence-corrected chi connectivity index (χ3v) is 8.55. The number of aromatic nitrogens is 1. The van der Waals surface area contributed by atoms with Gasteiger partial charge in [-0.05, 0) is 133 Å². The Labute approximate surface area is 212 Å². The van der Waals surface area contributed by atoms with Crippen molar-refractivity contribution in [3.8, 4) is 11.5 Å². The summed E-state index contributed by atoms with van der Waals surface area (Å²) in [6, 6.07) is 13.7. The minimum atomic E-state index is 0.0398. The quantitative estimate of drug-likeness (QED) is 0.276. The standard InChI is InChI=1S/C26H26IN3O2S/c27-19-3-1-2-18(9-19)24-29-21-10-20(4-5-22(21)32-24)28-25(33)30-23(31)14-26-11-15-6-16(12-26)8-17(7-15)13-26/h1-5,9-10,15-17H,6-8,11-14H2,(H2,28,30,31,33). The van der Waals surface area contributed by atoms with Gasteiger partial charge in [0.2, 0.25) is 11.8 Å². The lowest BCUT2D eigenvalue weighted by Crippen LogP contribution is -2.48. The second-order valence-corrected chi connectivity index (χ2v) is 12.0. The number of thiocarbonyl (C=S) groups is 1.